The zero-order valence-corrected chi connectivity index (χ0v) is 15.0. The van der Waals surface area contributed by atoms with Gasteiger partial charge in [-0.25, -0.2) is 0 Å². The maximum atomic E-state index is 12.6. The number of anilines is 2. The quantitative estimate of drug-likeness (QED) is 0.812. The van der Waals surface area contributed by atoms with Crippen molar-refractivity contribution < 1.29 is 19.1 Å². The molecule has 0 saturated heterocycles. The fourth-order valence-electron chi connectivity index (χ4n) is 2.43. The van der Waals surface area contributed by atoms with Crippen molar-refractivity contribution in [1.29, 1.82) is 5.26 Å². The molecule has 0 saturated carbocycles. The van der Waals surface area contributed by atoms with Gasteiger partial charge in [0.1, 0.15) is 18.6 Å². The molecule has 0 spiro atoms. The lowest BCUT2D eigenvalue weighted by molar-refractivity contribution is -0.135. The molecule has 3 rings (SSSR count). The first-order chi connectivity index (χ1) is 12.9. The monoisotopic (exact) mass is 365 g/mol. The summed E-state index contributed by atoms with van der Waals surface area (Å²) in [6.07, 6.45) is 0. The van der Waals surface area contributed by atoms with Gasteiger partial charge in [0, 0.05) is 17.4 Å². The normalized spacial score (nSPS) is 12.6. The highest BCUT2D eigenvalue weighted by Gasteiger charge is 2.36. The predicted octanol–water partition coefficient (Wildman–Crippen LogP) is 2.93. The number of nitrogens with one attached hydrogen (secondary N) is 2. The molecule has 0 bridgehead atoms. The molecule has 0 atom stereocenters. The zero-order valence-electron chi connectivity index (χ0n) is 15.0. The van der Waals surface area contributed by atoms with Gasteiger partial charge in [0.25, 0.3) is 0 Å². The van der Waals surface area contributed by atoms with Crippen molar-refractivity contribution in [2.24, 2.45) is 5.41 Å². The van der Waals surface area contributed by atoms with Gasteiger partial charge in [-0.15, -0.1) is 0 Å². The summed E-state index contributed by atoms with van der Waals surface area (Å²) in [4.78, 5) is 25.2. The number of hydrogen-bond donors (Lipinski definition) is 2. The van der Waals surface area contributed by atoms with Gasteiger partial charge in [0.2, 0.25) is 11.8 Å². The first-order valence-electron chi connectivity index (χ1n) is 8.43. The maximum absolute atomic E-state index is 12.6. The van der Waals surface area contributed by atoms with Gasteiger partial charge < -0.3 is 20.1 Å². The molecule has 1 aliphatic heterocycles. The third kappa shape index (κ3) is 4.01. The number of carbonyl (C=O) groups excluding carboxylic acids is 2. The molecule has 2 aromatic rings. The van der Waals surface area contributed by atoms with Crippen molar-refractivity contribution in [1.82, 2.24) is 0 Å². The number of fused-ring (bicyclic) bond motifs is 1. The number of rotatable bonds is 4. The molecule has 2 N–H and O–H groups in total. The van der Waals surface area contributed by atoms with Crippen molar-refractivity contribution in [3.63, 3.8) is 0 Å². The number of hydrogen-bond acceptors (Lipinski definition) is 5. The van der Waals surface area contributed by atoms with Crippen molar-refractivity contribution >= 4 is 23.2 Å². The minimum atomic E-state index is -1.32. The van der Waals surface area contributed by atoms with Crippen LogP contribution in [0.5, 0.6) is 11.5 Å². The van der Waals surface area contributed by atoms with Crippen LogP contribution in [0.4, 0.5) is 11.4 Å². The summed E-state index contributed by atoms with van der Waals surface area (Å²) in [6.45, 7) is 4.02. The summed E-state index contributed by atoms with van der Waals surface area (Å²) in [6, 6.07) is 13.5. The van der Waals surface area contributed by atoms with Gasteiger partial charge >= 0.3 is 0 Å². The summed E-state index contributed by atoms with van der Waals surface area (Å²) in [5.41, 5.74) is 0.201. The Morgan fingerprint density at radius 3 is 2.11 bits per heavy atom. The van der Waals surface area contributed by atoms with Crippen molar-refractivity contribution in [3.05, 3.63) is 48.0 Å². The van der Waals surface area contributed by atoms with Crippen LogP contribution in [0.15, 0.2) is 42.5 Å². The van der Waals surface area contributed by atoms with Crippen LogP contribution in [-0.4, -0.2) is 25.0 Å². The summed E-state index contributed by atoms with van der Waals surface area (Å²) in [5.74, 6) is 0.267. The highest BCUT2D eigenvalue weighted by molar-refractivity contribution is 6.14. The van der Waals surface area contributed by atoms with E-state index in [1.807, 2.05) is 6.07 Å². The molecule has 0 fully saturated rings. The number of ether oxygens (including phenoxy) is 2. The van der Waals surface area contributed by atoms with E-state index >= 15 is 0 Å². The van der Waals surface area contributed by atoms with E-state index in [1.165, 1.54) is 0 Å². The van der Waals surface area contributed by atoms with Crippen LogP contribution >= 0.6 is 0 Å². The van der Waals surface area contributed by atoms with Gasteiger partial charge in [-0.2, -0.15) is 5.26 Å². The zero-order chi connectivity index (χ0) is 19.4. The second-order valence-electron chi connectivity index (χ2n) is 6.58. The third-order valence-corrected chi connectivity index (χ3v) is 4.21. The molecule has 0 aliphatic carbocycles. The molecule has 138 valence electrons. The minimum absolute atomic E-state index is 0.447. The van der Waals surface area contributed by atoms with Gasteiger partial charge in [-0.05, 0) is 50.2 Å². The van der Waals surface area contributed by atoms with Crippen molar-refractivity contribution in [2.45, 2.75) is 13.8 Å². The van der Waals surface area contributed by atoms with Gasteiger partial charge in [0.05, 0.1) is 11.6 Å². The minimum Gasteiger partial charge on any atom is -0.486 e. The Morgan fingerprint density at radius 2 is 1.48 bits per heavy atom. The van der Waals surface area contributed by atoms with Gasteiger partial charge in [0.15, 0.2) is 11.5 Å². The second kappa shape index (κ2) is 7.38. The molecule has 0 aromatic heterocycles. The molecule has 2 amide bonds. The lowest BCUT2D eigenvalue weighted by Gasteiger charge is -2.24. The first kappa shape index (κ1) is 18.3. The molecular weight excluding hydrogens is 346 g/mol. The topological polar surface area (TPSA) is 100 Å². The molecular formula is C20H19N3O4. The highest BCUT2D eigenvalue weighted by Crippen LogP contribution is 2.33. The summed E-state index contributed by atoms with van der Waals surface area (Å²) in [7, 11) is 0. The van der Waals surface area contributed by atoms with Crippen LogP contribution in [-0.2, 0) is 9.59 Å². The van der Waals surface area contributed by atoms with Crippen LogP contribution in [0.1, 0.15) is 19.4 Å². The van der Waals surface area contributed by atoms with Crippen LogP contribution < -0.4 is 20.1 Å². The van der Waals surface area contributed by atoms with Crippen LogP contribution in [0.25, 0.3) is 0 Å². The Bertz CT molecular complexity index is 914. The molecule has 7 nitrogen and oxygen atoms in total. The van der Waals surface area contributed by atoms with Crippen molar-refractivity contribution in [3.8, 4) is 17.6 Å². The summed E-state index contributed by atoms with van der Waals surface area (Å²) in [5, 5.41) is 14.3. The Labute approximate surface area is 156 Å². The molecule has 1 aliphatic rings. The number of amides is 2. The van der Waals surface area contributed by atoms with E-state index in [1.54, 1.807) is 56.3 Å². The van der Waals surface area contributed by atoms with E-state index in [0.29, 0.717) is 41.7 Å². The smallest absolute Gasteiger partial charge is 0.239 e. The largest absolute Gasteiger partial charge is 0.486 e. The summed E-state index contributed by atoms with van der Waals surface area (Å²) < 4.78 is 10.9. The van der Waals surface area contributed by atoms with E-state index < -0.39 is 17.2 Å². The molecule has 0 radical (unpaired) electrons. The molecule has 27 heavy (non-hydrogen) atoms. The number of carbonyl (C=O) groups is 2. The average Bonchev–Trinajstić information content (AvgIpc) is 2.68. The lowest BCUT2D eigenvalue weighted by atomic mass is 9.90. The molecule has 2 aromatic carbocycles. The van der Waals surface area contributed by atoms with E-state index in [4.69, 9.17) is 14.7 Å². The van der Waals surface area contributed by atoms with Gasteiger partial charge in [-0.1, -0.05) is 0 Å². The molecule has 0 unspecified atom stereocenters. The second-order valence-corrected chi connectivity index (χ2v) is 6.58. The van der Waals surface area contributed by atoms with Crippen LogP contribution in [0, 0.1) is 16.7 Å². The molecule has 7 heteroatoms. The fraction of sp³-hybridized carbons (Fsp3) is 0.250. The van der Waals surface area contributed by atoms with E-state index in [2.05, 4.69) is 10.6 Å². The van der Waals surface area contributed by atoms with Crippen LogP contribution in [0.2, 0.25) is 0 Å². The number of nitrogens with zero attached hydrogens (tertiary/aromatic N) is 1. The van der Waals surface area contributed by atoms with Crippen LogP contribution in [0.3, 0.4) is 0 Å². The Kier molecular flexibility index (Phi) is 4.99. The maximum Gasteiger partial charge on any atom is 0.239 e. The van der Waals surface area contributed by atoms with Crippen molar-refractivity contribution in [2.75, 3.05) is 23.8 Å². The van der Waals surface area contributed by atoms with E-state index in [-0.39, 0.29) is 0 Å². The third-order valence-electron chi connectivity index (χ3n) is 4.21. The van der Waals surface area contributed by atoms with E-state index in [9.17, 15) is 9.59 Å². The summed E-state index contributed by atoms with van der Waals surface area (Å²) >= 11 is 0. The van der Waals surface area contributed by atoms with E-state index in [0.717, 1.165) is 0 Å². The fourth-order valence-corrected chi connectivity index (χ4v) is 2.43. The average molecular weight is 365 g/mol. The number of benzene rings is 2. The first-order valence-corrected chi connectivity index (χ1v) is 8.43. The SMILES string of the molecule is CC(C)(C(=O)Nc1ccc(C#N)cc1)C(=O)Nc1ccc2c(c1)OCCO2. The highest BCUT2D eigenvalue weighted by atomic mass is 16.6. The Hall–Kier alpha value is -3.53. The molecule has 1 heterocycles. The van der Waals surface area contributed by atoms with Gasteiger partial charge in [-0.3, -0.25) is 9.59 Å². The number of nitriles is 1. The standard InChI is InChI=1S/C20H19N3O4/c1-20(2,18(24)22-14-5-3-13(12-21)4-6-14)19(25)23-15-7-8-16-17(11-15)27-10-9-26-16/h3-8,11H,9-10H2,1-2H3,(H,22,24)(H,23,25). The Balaban J connectivity index is 1.68. The Morgan fingerprint density at radius 1 is 0.926 bits per heavy atom. The predicted molar refractivity (Wildman–Crippen MR) is 99.6 cm³/mol. The lowest BCUT2D eigenvalue weighted by Crippen LogP contribution is -2.41.